The van der Waals surface area contributed by atoms with Crippen molar-refractivity contribution in [1.29, 1.82) is 0 Å². The van der Waals surface area contributed by atoms with Gasteiger partial charge >= 0.3 is 0 Å². The van der Waals surface area contributed by atoms with Gasteiger partial charge in [-0.15, -0.1) is 0 Å². The highest BCUT2D eigenvalue weighted by molar-refractivity contribution is 14.1. The van der Waals surface area contributed by atoms with Crippen LogP contribution in [0.25, 0.3) is 0 Å². The average Bonchev–Trinajstić information content (AvgIpc) is 1.82. The first-order chi connectivity index (χ1) is 5.52. The van der Waals surface area contributed by atoms with Crippen LogP contribution in [-0.4, -0.2) is 0 Å². The molecule has 12 heavy (non-hydrogen) atoms. The Balaban J connectivity index is 3.28. The Labute approximate surface area is 93.8 Å². The second-order valence-corrected chi connectivity index (χ2v) is 5.04. The molecule has 0 atom stereocenters. The van der Waals surface area contributed by atoms with Crippen molar-refractivity contribution in [2.75, 3.05) is 0 Å². The van der Waals surface area contributed by atoms with Gasteiger partial charge in [0, 0.05) is 13.6 Å². The fourth-order valence-electron chi connectivity index (χ4n) is 1.10. The molecule has 1 aromatic carbocycles. The quantitative estimate of drug-likeness (QED) is 0.667. The minimum Gasteiger partial charge on any atom is -0.207 e. The number of hydrogen-bond acceptors (Lipinski definition) is 0. The second kappa shape index (κ2) is 4.05. The molecule has 0 saturated carbocycles. The predicted molar refractivity (Wildman–Crippen MR) is 60.9 cm³/mol. The molecule has 0 saturated heterocycles. The van der Waals surface area contributed by atoms with Crippen molar-refractivity contribution < 1.29 is 4.39 Å². The Hall–Kier alpha value is 0.360. The molecule has 0 radical (unpaired) electrons. The number of rotatable bonds is 1. The summed E-state index contributed by atoms with van der Waals surface area (Å²) in [6.45, 7) is 3.96. The molecule has 0 aromatic heterocycles. The van der Waals surface area contributed by atoms with Gasteiger partial charge in [-0.05, 0) is 40.6 Å². The fraction of sp³-hybridized carbons (Fsp3) is 0.333. The molecule has 0 aliphatic rings. The zero-order chi connectivity index (χ0) is 9.30. The molecular weight excluding hydrogens is 334 g/mol. The molecule has 0 aliphatic heterocycles. The molecule has 0 heterocycles. The SMILES string of the molecule is CC(C)c1c(F)cc(I)cc1Br. The van der Waals surface area contributed by atoms with Crippen LogP contribution in [0.5, 0.6) is 0 Å². The van der Waals surface area contributed by atoms with E-state index in [1.807, 2.05) is 19.9 Å². The van der Waals surface area contributed by atoms with Crippen LogP contribution in [0.1, 0.15) is 25.3 Å². The summed E-state index contributed by atoms with van der Waals surface area (Å²) in [5, 5.41) is 0. The van der Waals surface area contributed by atoms with Crippen molar-refractivity contribution in [3.63, 3.8) is 0 Å². The average molecular weight is 343 g/mol. The summed E-state index contributed by atoms with van der Waals surface area (Å²) in [7, 11) is 0. The molecule has 1 rings (SSSR count). The smallest absolute Gasteiger partial charge is 0.128 e. The first-order valence-corrected chi connectivity index (χ1v) is 5.54. The van der Waals surface area contributed by atoms with E-state index in [4.69, 9.17) is 0 Å². The lowest BCUT2D eigenvalue weighted by Gasteiger charge is -2.09. The van der Waals surface area contributed by atoms with Gasteiger partial charge in [-0.2, -0.15) is 0 Å². The summed E-state index contributed by atoms with van der Waals surface area (Å²) in [6, 6.07) is 3.49. The Morgan fingerprint density at radius 1 is 1.42 bits per heavy atom. The zero-order valence-corrected chi connectivity index (χ0v) is 10.6. The van der Waals surface area contributed by atoms with Crippen molar-refractivity contribution in [3.8, 4) is 0 Å². The Morgan fingerprint density at radius 3 is 2.42 bits per heavy atom. The molecule has 66 valence electrons. The third kappa shape index (κ3) is 2.19. The van der Waals surface area contributed by atoms with Gasteiger partial charge in [0.2, 0.25) is 0 Å². The van der Waals surface area contributed by atoms with Crippen LogP contribution < -0.4 is 0 Å². The van der Waals surface area contributed by atoms with Gasteiger partial charge in [-0.3, -0.25) is 0 Å². The van der Waals surface area contributed by atoms with Crippen LogP contribution >= 0.6 is 38.5 Å². The van der Waals surface area contributed by atoms with Gasteiger partial charge in [0.15, 0.2) is 0 Å². The third-order valence-corrected chi connectivity index (χ3v) is 2.90. The maximum absolute atomic E-state index is 13.3. The monoisotopic (exact) mass is 342 g/mol. The highest BCUT2D eigenvalue weighted by atomic mass is 127. The van der Waals surface area contributed by atoms with Gasteiger partial charge in [0.25, 0.3) is 0 Å². The summed E-state index contributed by atoms with van der Waals surface area (Å²) >= 11 is 5.45. The van der Waals surface area contributed by atoms with Crippen LogP contribution in [0, 0.1) is 9.39 Å². The maximum Gasteiger partial charge on any atom is 0.128 e. The summed E-state index contributed by atoms with van der Waals surface area (Å²) in [5.41, 5.74) is 0.760. The van der Waals surface area contributed by atoms with Crippen LogP contribution in [0.3, 0.4) is 0 Å². The van der Waals surface area contributed by atoms with E-state index >= 15 is 0 Å². The van der Waals surface area contributed by atoms with Crippen LogP contribution in [0.2, 0.25) is 0 Å². The van der Waals surface area contributed by atoms with Gasteiger partial charge in [-0.25, -0.2) is 4.39 Å². The highest BCUT2D eigenvalue weighted by Gasteiger charge is 2.11. The van der Waals surface area contributed by atoms with E-state index in [-0.39, 0.29) is 11.7 Å². The summed E-state index contributed by atoms with van der Waals surface area (Å²) in [5.74, 6) is 0.0974. The highest BCUT2D eigenvalue weighted by Crippen LogP contribution is 2.29. The molecular formula is C9H9BrFI. The minimum absolute atomic E-state index is 0.122. The summed E-state index contributed by atoms with van der Waals surface area (Å²) in [6.07, 6.45) is 0. The molecule has 0 fully saturated rings. The molecule has 1 aromatic rings. The Morgan fingerprint density at radius 2 is 2.00 bits per heavy atom. The number of benzene rings is 1. The lowest BCUT2D eigenvalue weighted by Crippen LogP contribution is -1.95. The molecule has 0 unspecified atom stereocenters. The molecule has 0 aliphatic carbocycles. The van der Waals surface area contributed by atoms with Crippen LogP contribution in [-0.2, 0) is 0 Å². The van der Waals surface area contributed by atoms with E-state index < -0.39 is 0 Å². The first-order valence-electron chi connectivity index (χ1n) is 3.67. The molecule has 0 amide bonds. The van der Waals surface area contributed by atoms with Crippen molar-refractivity contribution in [3.05, 3.63) is 31.6 Å². The first kappa shape index (κ1) is 10.4. The molecule has 0 nitrogen and oxygen atoms in total. The van der Waals surface area contributed by atoms with Crippen molar-refractivity contribution in [1.82, 2.24) is 0 Å². The zero-order valence-electron chi connectivity index (χ0n) is 6.87. The standard InChI is InChI=1S/C9H9BrFI/c1-5(2)9-7(10)3-6(12)4-8(9)11/h3-5H,1-2H3. The summed E-state index contributed by atoms with van der Waals surface area (Å²) < 4.78 is 15.1. The van der Waals surface area contributed by atoms with Crippen LogP contribution in [0.4, 0.5) is 4.39 Å². The molecule has 0 N–H and O–H groups in total. The number of hydrogen-bond donors (Lipinski definition) is 0. The normalized spacial score (nSPS) is 10.8. The third-order valence-electron chi connectivity index (χ3n) is 1.62. The lowest BCUT2D eigenvalue weighted by molar-refractivity contribution is 0.595. The lowest BCUT2D eigenvalue weighted by atomic mass is 10.0. The fourth-order valence-corrected chi connectivity index (χ4v) is 3.01. The minimum atomic E-state index is -0.122. The second-order valence-electron chi connectivity index (χ2n) is 2.94. The predicted octanol–water partition coefficient (Wildman–Crippen LogP) is 4.32. The maximum atomic E-state index is 13.3. The van der Waals surface area contributed by atoms with E-state index in [2.05, 4.69) is 38.5 Å². The van der Waals surface area contributed by atoms with E-state index in [0.29, 0.717) is 0 Å². The van der Waals surface area contributed by atoms with Gasteiger partial charge in [0.05, 0.1) is 0 Å². The van der Waals surface area contributed by atoms with E-state index in [9.17, 15) is 4.39 Å². The van der Waals surface area contributed by atoms with E-state index in [0.717, 1.165) is 13.6 Å². The topological polar surface area (TPSA) is 0 Å². The van der Waals surface area contributed by atoms with E-state index in [1.165, 1.54) is 0 Å². The Kier molecular flexibility index (Phi) is 3.52. The van der Waals surface area contributed by atoms with Crippen molar-refractivity contribution in [2.45, 2.75) is 19.8 Å². The molecule has 0 bridgehead atoms. The van der Waals surface area contributed by atoms with Crippen molar-refractivity contribution >= 4 is 38.5 Å². The molecule has 0 spiro atoms. The molecule has 3 heteroatoms. The van der Waals surface area contributed by atoms with E-state index in [1.54, 1.807) is 6.07 Å². The summed E-state index contributed by atoms with van der Waals surface area (Å²) in [4.78, 5) is 0. The van der Waals surface area contributed by atoms with Crippen molar-refractivity contribution in [2.24, 2.45) is 0 Å². The largest absolute Gasteiger partial charge is 0.207 e. The Bertz CT molecular complexity index is 274. The number of halogens is 3. The van der Waals surface area contributed by atoms with Gasteiger partial charge in [0.1, 0.15) is 5.82 Å². The van der Waals surface area contributed by atoms with Gasteiger partial charge < -0.3 is 0 Å². The van der Waals surface area contributed by atoms with Gasteiger partial charge in [-0.1, -0.05) is 29.8 Å². The van der Waals surface area contributed by atoms with Crippen LogP contribution in [0.15, 0.2) is 16.6 Å².